The summed E-state index contributed by atoms with van der Waals surface area (Å²) < 4.78 is 7.00. The van der Waals surface area contributed by atoms with E-state index in [1.165, 1.54) is 55.4 Å². The van der Waals surface area contributed by atoms with Crippen molar-refractivity contribution in [1.29, 1.82) is 0 Å². The van der Waals surface area contributed by atoms with Crippen LogP contribution in [0.4, 0.5) is 0 Å². The molecule has 0 N–H and O–H groups in total. The van der Waals surface area contributed by atoms with Gasteiger partial charge in [0.2, 0.25) is 5.91 Å². The largest absolute Gasteiger partial charge is 0.431 e. The third-order valence-electron chi connectivity index (χ3n) is 6.76. The van der Waals surface area contributed by atoms with Gasteiger partial charge in [0, 0.05) is 25.2 Å². The number of hydrogen-bond donors (Lipinski definition) is 0. The molecule has 2 aromatic heterocycles. The Bertz CT molecular complexity index is 1060. The number of amides is 1. The number of nitrogens with zero attached hydrogens (tertiary/aromatic N) is 3. The predicted octanol–water partition coefficient (Wildman–Crippen LogP) is 5.90. The zero-order chi connectivity index (χ0) is 21.4. The van der Waals surface area contributed by atoms with E-state index in [1.54, 1.807) is 6.92 Å². The first-order chi connectivity index (χ1) is 15.0. The van der Waals surface area contributed by atoms with Crippen molar-refractivity contribution in [1.82, 2.24) is 14.9 Å². The summed E-state index contributed by atoms with van der Waals surface area (Å²) >= 11 is 1.53. The van der Waals surface area contributed by atoms with Crippen LogP contribution >= 0.6 is 11.3 Å². The zero-order valence-corrected chi connectivity index (χ0v) is 19.0. The van der Waals surface area contributed by atoms with Crippen LogP contribution in [0.5, 0.6) is 10.9 Å². The molecular weight excluding hydrogens is 406 g/mol. The van der Waals surface area contributed by atoms with Crippen LogP contribution in [0.1, 0.15) is 56.6 Å². The van der Waals surface area contributed by atoms with Crippen LogP contribution in [0.25, 0.3) is 10.3 Å². The van der Waals surface area contributed by atoms with Crippen molar-refractivity contribution in [3.05, 3.63) is 47.7 Å². The van der Waals surface area contributed by atoms with Gasteiger partial charge in [0.25, 0.3) is 5.19 Å². The summed E-state index contributed by atoms with van der Waals surface area (Å²) in [5, 5.41) is 0.632. The van der Waals surface area contributed by atoms with E-state index < -0.39 is 0 Å². The smallest absolute Gasteiger partial charge is 0.281 e. The quantitative estimate of drug-likeness (QED) is 0.483. The van der Waals surface area contributed by atoms with E-state index in [2.05, 4.69) is 33.1 Å². The molecule has 2 bridgehead atoms. The molecule has 1 aromatic carbocycles. The average molecular weight is 436 g/mol. The Balaban J connectivity index is 1.12. The number of pyridine rings is 1. The molecule has 4 heterocycles. The van der Waals surface area contributed by atoms with Gasteiger partial charge >= 0.3 is 0 Å². The number of fused-ring (bicyclic) bond motifs is 3. The van der Waals surface area contributed by atoms with E-state index >= 15 is 0 Å². The van der Waals surface area contributed by atoms with Crippen molar-refractivity contribution in [2.75, 3.05) is 0 Å². The van der Waals surface area contributed by atoms with Gasteiger partial charge in [-0.05, 0) is 87.1 Å². The Morgan fingerprint density at radius 1 is 1.19 bits per heavy atom. The van der Waals surface area contributed by atoms with Gasteiger partial charge in [0.1, 0.15) is 5.75 Å². The molecule has 0 aliphatic carbocycles. The van der Waals surface area contributed by atoms with Gasteiger partial charge in [-0.15, -0.1) is 0 Å². The van der Waals surface area contributed by atoms with E-state index in [0.29, 0.717) is 17.3 Å². The minimum Gasteiger partial charge on any atom is -0.431 e. The fourth-order valence-electron chi connectivity index (χ4n) is 5.40. The number of rotatable bonds is 6. The zero-order valence-electron chi connectivity index (χ0n) is 18.2. The highest BCUT2D eigenvalue weighted by atomic mass is 32.1. The molecule has 2 saturated heterocycles. The number of piperidine rings is 1. The Hall–Kier alpha value is -2.47. The number of thiazole rings is 1. The summed E-state index contributed by atoms with van der Waals surface area (Å²) in [7, 11) is 0. The van der Waals surface area contributed by atoms with Crippen LogP contribution in [-0.2, 0) is 11.2 Å². The van der Waals surface area contributed by atoms with Crippen molar-refractivity contribution in [2.45, 2.75) is 70.9 Å². The van der Waals surface area contributed by atoms with Gasteiger partial charge in [-0.3, -0.25) is 4.79 Å². The lowest BCUT2D eigenvalue weighted by Crippen LogP contribution is -2.45. The Kier molecular flexibility index (Phi) is 5.65. The van der Waals surface area contributed by atoms with Gasteiger partial charge in [0.15, 0.2) is 5.65 Å². The topological polar surface area (TPSA) is 55.3 Å². The summed E-state index contributed by atoms with van der Waals surface area (Å²) in [6.45, 7) is 3.76. The van der Waals surface area contributed by atoms with Crippen molar-refractivity contribution in [3.8, 4) is 10.9 Å². The third kappa shape index (κ3) is 4.45. The first kappa shape index (κ1) is 20.4. The summed E-state index contributed by atoms with van der Waals surface area (Å²) in [4.78, 5) is 22.9. The summed E-state index contributed by atoms with van der Waals surface area (Å²) in [6.07, 6.45) is 10.2. The van der Waals surface area contributed by atoms with Crippen molar-refractivity contribution in [3.63, 3.8) is 0 Å². The lowest BCUT2D eigenvalue weighted by molar-refractivity contribution is -0.133. The summed E-state index contributed by atoms with van der Waals surface area (Å²) in [5.74, 6) is 1.85. The van der Waals surface area contributed by atoms with Crippen molar-refractivity contribution in [2.24, 2.45) is 5.92 Å². The second kappa shape index (κ2) is 8.58. The molecule has 2 aliphatic rings. The molecular formula is C25H29N3O2S. The maximum Gasteiger partial charge on any atom is 0.281 e. The van der Waals surface area contributed by atoms with Gasteiger partial charge in [-0.1, -0.05) is 23.5 Å². The van der Waals surface area contributed by atoms with Gasteiger partial charge < -0.3 is 9.64 Å². The minimum absolute atomic E-state index is 0.269. The molecule has 2 fully saturated rings. The molecule has 31 heavy (non-hydrogen) atoms. The minimum atomic E-state index is 0.269. The number of aryl methyl sites for hydroxylation is 2. The van der Waals surface area contributed by atoms with Gasteiger partial charge in [0.05, 0.1) is 4.70 Å². The van der Waals surface area contributed by atoms with E-state index in [9.17, 15) is 4.79 Å². The van der Waals surface area contributed by atoms with E-state index in [4.69, 9.17) is 4.74 Å². The fraction of sp³-hybridized carbons (Fsp3) is 0.480. The van der Waals surface area contributed by atoms with Crippen LogP contribution in [0.2, 0.25) is 0 Å². The molecule has 0 spiro atoms. The van der Waals surface area contributed by atoms with Crippen LogP contribution < -0.4 is 4.74 Å². The molecule has 162 valence electrons. The van der Waals surface area contributed by atoms with Gasteiger partial charge in [-0.2, -0.15) is 4.98 Å². The van der Waals surface area contributed by atoms with Crippen LogP contribution in [0, 0.1) is 12.8 Å². The highest BCUT2D eigenvalue weighted by Crippen LogP contribution is 2.40. The maximum atomic E-state index is 11.9. The Labute approximate surface area is 187 Å². The van der Waals surface area contributed by atoms with E-state index in [0.717, 1.165) is 34.0 Å². The molecule has 1 amide bonds. The highest BCUT2D eigenvalue weighted by Gasteiger charge is 2.41. The summed E-state index contributed by atoms with van der Waals surface area (Å²) in [5.41, 5.74) is 3.21. The van der Waals surface area contributed by atoms with Crippen LogP contribution in [-0.4, -0.2) is 32.9 Å². The van der Waals surface area contributed by atoms with Gasteiger partial charge in [-0.25, -0.2) is 4.98 Å². The molecule has 5 nitrogen and oxygen atoms in total. The van der Waals surface area contributed by atoms with Crippen LogP contribution in [0.3, 0.4) is 0 Å². The van der Waals surface area contributed by atoms with Crippen molar-refractivity contribution < 1.29 is 9.53 Å². The number of aromatic nitrogens is 2. The van der Waals surface area contributed by atoms with E-state index in [-0.39, 0.29) is 5.91 Å². The molecule has 0 radical (unpaired) electrons. The normalized spacial score (nSPS) is 22.8. The van der Waals surface area contributed by atoms with E-state index in [1.807, 2.05) is 25.3 Å². The SMILES string of the molecule is CC(=O)N1[C@@H]2CC[C@H]1CC(CCCc1ccc(Oc3nc4ncc(C)cc4s3)cc1)C2. The maximum absolute atomic E-state index is 11.9. The van der Waals surface area contributed by atoms with Crippen molar-refractivity contribution >= 4 is 27.6 Å². The molecule has 3 atom stereocenters. The number of carbonyl (C=O) groups excluding carboxylic acids is 1. The molecule has 6 heteroatoms. The number of hydrogen-bond acceptors (Lipinski definition) is 5. The Morgan fingerprint density at radius 3 is 2.65 bits per heavy atom. The highest BCUT2D eigenvalue weighted by molar-refractivity contribution is 7.20. The second-order valence-electron chi connectivity index (χ2n) is 9.10. The monoisotopic (exact) mass is 435 g/mol. The number of ether oxygens (including phenoxy) is 1. The lowest BCUT2D eigenvalue weighted by Gasteiger charge is -2.38. The fourth-order valence-corrected chi connectivity index (χ4v) is 6.29. The second-order valence-corrected chi connectivity index (χ2v) is 10.1. The lowest BCUT2D eigenvalue weighted by atomic mass is 9.86. The van der Waals surface area contributed by atoms with Crippen LogP contribution in [0.15, 0.2) is 36.5 Å². The Morgan fingerprint density at radius 2 is 1.94 bits per heavy atom. The summed E-state index contributed by atoms with van der Waals surface area (Å²) in [6, 6.07) is 11.5. The average Bonchev–Trinajstić information content (AvgIpc) is 3.26. The molecule has 0 saturated carbocycles. The molecule has 2 aliphatic heterocycles. The number of benzene rings is 1. The first-order valence-corrected chi connectivity index (χ1v) is 12.2. The molecule has 1 unspecified atom stereocenters. The third-order valence-corrected chi connectivity index (χ3v) is 7.63. The molecule has 3 aromatic rings. The first-order valence-electron chi connectivity index (χ1n) is 11.3. The number of carbonyl (C=O) groups is 1. The standard InChI is InChI=1S/C25H29N3O2S/c1-16-12-23-24(26-15-16)27-25(31-23)30-22-10-6-18(7-11-22)4-3-5-19-13-20-8-9-21(14-19)28(20)17(2)29/h6-7,10-12,15,19-21H,3-5,8-9,13-14H2,1-2H3/t19?,20-,21+. The predicted molar refractivity (Wildman–Crippen MR) is 124 cm³/mol. The molecule has 5 rings (SSSR count).